The van der Waals surface area contributed by atoms with Gasteiger partial charge in [0.15, 0.2) is 0 Å². The highest BCUT2D eigenvalue weighted by Crippen LogP contribution is 2.26. The van der Waals surface area contributed by atoms with Crippen LogP contribution in [0.5, 0.6) is 0 Å². The van der Waals surface area contributed by atoms with Gasteiger partial charge < -0.3 is 5.73 Å². The van der Waals surface area contributed by atoms with Crippen LogP contribution in [-0.2, 0) is 10.0 Å². The fourth-order valence-corrected chi connectivity index (χ4v) is 3.91. The molecule has 120 valence electrons. The molecule has 0 amide bonds. The third-order valence-electron chi connectivity index (χ3n) is 3.12. The molecule has 0 radical (unpaired) electrons. The van der Waals surface area contributed by atoms with Crippen LogP contribution in [0.1, 0.15) is 40.0 Å². The van der Waals surface area contributed by atoms with E-state index in [1.165, 1.54) is 6.07 Å². The lowest BCUT2D eigenvalue weighted by Gasteiger charge is -2.16. The predicted octanol–water partition coefficient (Wildman–Crippen LogP) is 3.66. The molecule has 0 heterocycles. The highest BCUT2D eigenvalue weighted by atomic mass is 79.9. The Balaban J connectivity index is 2.80. The molecule has 0 aliphatic carbocycles. The summed E-state index contributed by atoms with van der Waals surface area (Å²) in [5, 5.41) is 0. The number of anilines is 1. The van der Waals surface area contributed by atoms with Crippen molar-refractivity contribution in [3.63, 3.8) is 0 Å². The zero-order chi connectivity index (χ0) is 16.2. The number of nitrogen functional groups attached to an aromatic ring is 1. The van der Waals surface area contributed by atoms with Crippen molar-refractivity contribution in [2.24, 2.45) is 5.92 Å². The van der Waals surface area contributed by atoms with Crippen molar-refractivity contribution in [3.8, 4) is 0 Å². The predicted molar refractivity (Wildman–Crippen MR) is 87.0 cm³/mol. The lowest BCUT2D eigenvalue weighted by atomic mass is 10.0. The molecule has 1 rings (SSSR count). The van der Waals surface area contributed by atoms with Crippen molar-refractivity contribution in [3.05, 3.63) is 22.4 Å². The van der Waals surface area contributed by atoms with Crippen molar-refractivity contribution in [1.29, 1.82) is 0 Å². The van der Waals surface area contributed by atoms with Gasteiger partial charge in [-0.3, -0.25) is 0 Å². The minimum absolute atomic E-state index is 0.0736. The van der Waals surface area contributed by atoms with E-state index < -0.39 is 15.8 Å². The molecule has 1 aromatic carbocycles. The van der Waals surface area contributed by atoms with Gasteiger partial charge in [-0.05, 0) is 47.3 Å². The van der Waals surface area contributed by atoms with Crippen LogP contribution in [0.4, 0.5) is 10.1 Å². The maximum absolute atomic E-state index is 13.3. The zero-order valence-corrected chi connectivity index (χ0v) is 14.9. The van der Waals surface area contributed by atoms with Crippen LogP contribution in [0.25, 0.3) is 0 Å². The SMILES string of the molecule is CC(C)CCCC(C)NS(=O)(=O)c1cc(Br)c(F)cc1N. The van der Waals surface area contributed by atoms with E-state index in [-0.39, 0.29) is 21.1 Å². The van der Waals surface area contributed by atoms with Crippen LogP contribution < -0.4 is 10.5 Å². The molecule has 0 aliphatic rings. The summed E-state index contributed by atoms with van der Waals surface area (Å²) in [6.07, 6.45) is 2.75. The van der Waals surface area contributed by atoms with E-state index in [9.17, 15) is 12.8 Å². The first-order valence-electron chi connectivity index (χ1n) is 6.90. The van der Waals surface area contributed by atoms with Gasteiger partial charge in [0.05, 0.1) is 10.2 Å². The quantitative estimate of drug-likeness (QED) is 0.708. The summed E-state index contributed by atoms with van der Waals surface area (Å²) in [6, 6.07) is 1.99. The van der Waals surface area contributed by atoms with E-state index in [1.807, 2.05) is 6.92 Å². The Labute approximate surface area is 134 Å². The smallest absolute Gasteiger partial charge is 0.242 e. The second kappa shape index (κ2) is 7.56. The number of hydrogen-bond acceptors (Lipinski definition) is 3. The Hall–Kier alpha value is -0.660. The average Bonchev–Trinajstić information content (AvgIpc) is 2.32. The van der Waals surface area contributed by atoms with Crippen molar-refractivity contribution < 1.29 is 12.8 Å². The normalized spacial score (nSPS) is 13.6. The zero-order valence-electron chi connectivity index (χ0n) is 12.5. The second-order valence-corrected chi connectivity index (χ2v) is 8.19. The Morgan fingerprint density at radius 3 is 2.48 bits per heavy atom. The molecule has 1 unspecified atom stereocenters. The van der Waals surface area contributed by atoms with Gasteiger partial charge in [-0.1, -0.05) is 26.7 Å². The highest BCUT2D eigenvalue weighted by Gasteiger charge is 2.21. The van der Waals surface area contributed by atoms with E-state index in [4.69, 9.17) is 5.73 Å². The van der Waals surface area contributed by atoms with Crippen molar-refractivity contribution in [1.82, 2.24) is 4.72 Å². The third kappa shape index (κ3) is 5.56. The van der Waals surface area contributed by atoms with Crippen LogP contribution >= 0.6 is 15.9 Å². The van der Waals surface area contributed by atoms with E-state index in [1.54, 1.807) is 0 Å². The monoisotopic (exact) mass is 380 g/mol. The summed E-state index contributed by atoms with van der Waals surface area (Å²) in [7, 11) is -3.75. The molecule has 0 bridgehead atoms. The van der Waals surface area contributed by atoms with Gasteiger partial charge in [-0.15, -0.1) is 0 Å². The highest BCUT2D eigenvalue weighted by molar-refractivity contribution is 9.10. The van der Waals surface area contributed by atoms with Crippen molar-refractivity contribution in [2.75, 3.05) is 5.73 Å². The van der Waals surface area contributed by atoms with Gasteiger partial charge in [0.2, 0.25) is 10.0 Å². The first-order valence-corrected chi connectivity index (χ1v) is 9.18. The Morgan fingerprint density at radius 2 is 1.90 bits per heavy atom. The molecular weight excluding hydrogens is 359 g/mol. The van der Waals surface area contributed by atoms with E-state index in [0.717, 1.165) is 25.3 Å². The van der Waals surface area contributed by atoms with E-state index in [2.05, 4.69) is 34.5 Å². The molecule has 1 aromatic rings. The molecule has 7 heteroatoms. The largest absolute Gasteiger partial charge is 0.398 e. The van der Waals surface area contributed by atoms with Crippen LogP contribution in [0.2, 0.25) is 0 Å². The van der Waals surface area contributed by atoms with Crippen LogP contribution in [0.15, 0.2) is 21.5 Å². The molecule has 0 aromatic heterocycles. The molecule has 0 saturated carbocycles. The summed E-state index contributed by atoms with van der Waals surface area (Å²) in [6.45, 7) is 6.07. The second-order valence-electron chi connectivity index (χ2n) is 5.65. The lowest BCUT2D eigenvalue weighted by molar-refractivity contribution is 0.488. The topological polar surface area (TPSA) is 72.2 Å². The number of nitrogens with two attached hydrogens (primary N) is 1. The fraction of sp³-hybridized carbons (Fsp3) is 0.571. The van der Waals surface area contributed by atoms with Crippen LogP contribution in [0, 0.1) is 11.7 Å². The first-order chi connectivity index (χ1) is 9.63. The van der Waals surface area contributed by atoms with Crippen LogP contribution in [0.3, 0.4) is 0 Å². The number of sulfonamides is 1. The van der Waals surface area contributed by atoms with Gasteiger partial charge in [-0.2, -0.15) is 0 Å². The number of hydrogen-bond donors (Lipinski definition) is 2. The molecule has 0 saturated heterocycles. The summed E-state index contributed by atoms with van der Waals surface area (Å²) >= 11 is 2.97. The number of nitrogens with one attached hydrogen (secondary N) is 1. The van der Waals surface area contributed by atoms with Gasteiger partial charge in [0, 0.05) is 6.04 Å². The Kier molecular flexibility index (Phi) is 6.62. The van der Waals surface area contributed by atoms with E-state index in [0.29, 0.717) is 5.92 Å². The summed E-state index contributed by atoms with van der Waals surface area (Å²) in [5.41, 5.74) is 5.51. The number of halogens is 2. The standard InChI is InChI=1S/C14H22BrFN2O2S/c1-9(2)5-4-6-10(3)18-21(19,20)14-7-11(15)12(16)8-13(14)17/h7-10,18H,4-6,17H2,1-3H3. The fourth-order valence-electron chi connectivity index (χ4n) is 2.00. The molecule has 21 heavy (non-hydrogen) atoms. The number of benzene rings is 1. The van der Waals surface area contributed by atoms with Crippen molar-refractivity contribution >= 4 is 31.6 Å². The lowest BCUT2D eigenvalue weighted by Crippen LogP contribution is -2.33. The minimum Gasteiger partial charge on any atom is -0.398 e. The number of rotatable bonds is 7. The van der Waals surface area contributed by atoms with Gasteiger partial charge in [0.25, 0.3) is 0 Å². The van der Waals surface area contributed by atoms with Crippen molar-refractivity contribution in [2.45, 2.75) is 51.0 Å². The molecule has 1 atom stereocenters. The molecule has 0 spiro atoms. The van der Waals surface area contributed by atoms with E-state index >= 15 is 0 Å². The maximum atomic E-state index is 13.3. The molecule has 0 aliphatic heterocycles. The van der Waals surface area contributed by atoms with Gasteiger partial charge in [-0.25, -0.2) is 17.5 Å². The summed E-state index contributed by atoms with van der Waals surface area (Å²) in [4.78, 5) is -0.105. The Bertz CT molecular complexity index is 591. The first kappa shape index (κ1) is 18.4. The van der Waals surface area contributed by atoms with Crippen LogP contribution in [-0.4, -0.2) is 14.5 Å². The van der Waals surface area contributed by atoms with Gasteiger partial charge in [0.1, 0.15) is 10.7 Å². The molecule has 4 nitrogen and oxygen atoms in total. The third-order valence-corrected chi connectivity index (χ3v) is 5.37. The summed E-state index contributed by atoms with van der Waals surface area (Å²) < 4.78 is 40.5. The molecular formula is C14H22BrFN2O2S. The molecule has 0 fully saturated rings. The van der Waals surface area contributed by atoms with Gasteiger partial charge >= 0.3 is 0 Å². The average molecular weight is 381 g/mol. The Morgan fingerprint density at radius 1 is 1.29 bits per heavy atom. The maximum Gasteiger partial charge on any atom is 0.242 e. The minimum atomic E-state index is -3.75. The summed E-state index contributed by atoms with van der Waals surface area (Å²) in [5.74, 6) is 0.00828. The molecule has 3 N–H and O–H groups in total.